The van der Waals surface area contributed by atoms with Gasteiger partial charge in [0.2, 0.25) is 23.6 Å². The highest BCUT2D eigenvalue weighted by molar-refractivity contribution is 5.98. The van der Waals surface area contributed by atoms with E-state index >= 15 is 0 Å². The summed E-state index contributed by atoms with van der Waals surface area (Å²) in [5.74, 6) is -1.94. The molecule has 3 N–H and O–H groups in total. The molecule has 1 aliphatic heterocycles. The number of rotatable bonds is 7. The molecule has 2 fully saturated rings. The summed E-state index contributed by atoms with van der Waals surface area (Å²) in [6, 6.07) is 6.17. The van der Waals surface area contributed by atoms with Gasteiger partial charge in [-0.1, -0.05) is 31.0 Å². The molecule has 0 atom stereocenters. The highest BCUT2D eigenvalue weighted by atomic mass is 19.1. The smallest absolute Gasteiger partial charge is 0.226 e. The number of hydrogen-bond acceptors (Lipinski definition) is 4. The fourth-order valence-electron chi connectivity index (χ4n) is 4.15. The molecule has 29 heavy (non-hydrogen) atoms. The largest absolute Gasteiger partial charge is 0.354 e. The molecule has 1 heterocycles. The number of piperidine rings is 1. The van der Waals surface area contributed by atoms with Crippen LogP contribution in [0.15, 0.2) is 24.3 Å². The summed E-state index contributed by atoms with van der Waals surface area (Å²) in [6.45, 7) is 0.279. The first-order chi connectivity index (χ1) is 13.8. The minimum atomic E-state index is -0.544. The number of halogens is 1. The van der Waals surface area contributed by atoms with Gasteiger partial charge in [-0.3, -0.25) is 24.5 Å². The van der Waals surface area contributed by atoms with E-state index in [1.54, 1.807) is 18.2 Å². The predicted molar refractivity (Wildman–Crippen MR) is 103 cm³/mol. The Bertz CT molecular complexity index is 789. The molecule has 1 aliphatic carbocycles. The molecule has 3 rings (SSSR count). The maximum atomic E-state index is 13.8. The molecular weight excluding hydrogens is 377 g/mol. The van der Waals surface area contributed by atoms with Gasteiger partial charge in [0, 0.05) is 25.8 Å². The molecule has 0 unspecified atom stereocenters. The second-order valence-corrected chi connectivity index (χ2v) is 8.03. The first kappa shape index (κ1) is 21.0. The highest BCUT2D eigenvalue weighted by Crippen LogP contribution is 2.29. The summed E-state index contributed by atoms with van der Waals surface area (Å²) in [5.41, 5.74) is -0.208. The third-order valence-electron chi connectivity index (χ3n) is 5.60. The van der Waals surface area contributed by atoms with E-state index in [9.17, 15) is 23.6 Å². The summed E-state index contributed by atoms with van der Waals surface area (Å²) in [5, 5.41) is 8.08. The van der Waals surface area contributed by atoms with Crippen molar-refractivity contribution in [1.82, 2.24) is 16.0 Å². The Hall–Kier alpha value is -2.77. The average molecular weight is 403 g/mol. The van der Waals surface area contributed by atoms with Crippen LogP contribution < -0.4 is 16.0 Å². The van der Waals surface area contributed by atoms with Crippen molar-refractivity contribution in [1.29, 1.82) is 0 Å². The summed E-state index contributed by atoms with van der Waals surface area (Å²) in [6.07, 6.45) is 3.70. The zero-order chi connectivity index (χ0) is 20.9. The van der Waals surface area contributed by atoms with Crippen LogP contribution in [0.5, 0.6) is 0 Å². The van der Waals surface area contributed by atoms with Crippen molar-refractivity contribution < 1.29 is 23.6 Å². The van der Waals surface area contributed by atoms with E-state index in [4.69, 9.17) is 0 Å². The number of benzene rings is 1. The molecular formula is C21H26FN3O4. The first-order valence-corrected chi connectivity index (χ1v) is 9.99. The molecule has 7 nitrogen and oxygen atoms in total. The van der Waals surface area contributed by atoms with Crippen LogP contribution in [0.3, 0.4) is 0 Å². The zero-order valence-corrected chi connectivity index (χ0v) is 16.3. The highest BCUT2D eigenvalue weighted by Gasteiger charge is 2.36. The third kappa shape index (κ3) is 5.85. The number of imide groups is 1. The van der Waals surface area contributed by atoms with E-state index in [1.807, 2.05) is 0 Å². The van der Waals surface area contributed by atoms with Gasteiger partial charge in [-0.25, -0.2) is 4.39 Å². The van der Waals surface area contributed by atoms with E-state index in [0.29, 0.717) is 5.56 Å². The predicted octanol–water partition coefficient (Wildman–Crippen LogP) is 1.36. The molecule has 0 spiro atoms. The van der Waals surface area contributed by atoms with E-state index in [2.05, 4.69) is 16.0 Å². The van der Waals surface area contributed by atoms with Gasteiger partial charge in [-0.05, 0) is 30.4 Å². The lowest BCUT2D eigenvalue weighted by molar-refractivity contribution is -0.135. The number of carbonyl (C=O) groups excluding carboxylic acids is 4. The second kappa shape index (κ2) is 9.15. The second-order valence-electron chi connectivity index (χ2n) is 8.03. The minimum absolute atomic E-state index is 0.0539. The van der Waals surface area contributed by atoms with Crippen molar-refractivity contribution in [3.8, 4) is 0 Å². The fourth-order valence-corrected chi connectivity index (χ4v) is 4.15. The van der Waals surface area contributed by atoms with Crippen molar-refractivity contribution >= 4 is 23.6 Å². The van der Waals surface area contributed by atoms with Gasteiger partial charge >= 0.3 is 0 Å². The van der Waals surface area contributed by atoms with Gasteiger partial charge in [-0.15, -0.1) is 0 Å². The Morgan fingerprint density at radius 3 is 2.38 bits per heavy atom. The van der Waals surface area contributed by atoms with E-state index in [0.717, 1.165) is 25.7 Å². The maximum Gasteiger partial charge on any atom is 0.226 e. The molecule has 8 heteroatoms. The van der Waals surface area contributed by atoms with Gasteiger partial charge in [0.15, 0.2) is 0 Å². The fraction of sp³-hybridized carbons (Fsp3) is 0.524. The lowest BCUT2D eigenvalue weighted by Crippen LogP contribution is -2.54. The minimum Gasteiger partial charge on any atom is -0.354 e. The summed E-state index contributed by atoms with van der Waals surface area (Å²) >= 11 is 0. The molecule has 0 bridgehead atoms. The van der Waals surface area contributed by atoms with Crippen molar-refractivity contribution in [2.24, 2.45) is 5.92 Å². The van der Waals surface area contributed by atoms with E-state index in [-0.39, 0.29) is 61.8 Å². The van der Waals surface area contributed by atoms with E-state index < -0.39 is 11.4 Å². The Labute approximate surface area is 168 Å². The molecule has 1 saturated heterocycles. The number of amides is 4. The van der Waals surface area contributed by atoms with Crippen molar-refractivity contribution in [2.75, 3.05) is 6.54 Å². The first-order valence-electron chi connectivity index (χ1n) is 9.99. The van der Waals surface area contributed by atoms with Crippen molar-refractivity contribution in [3.63, 3.8) is 0 Å². The molecule has 0 radical (unpaired) electrons. The number of nitrogens with one attached hydrogen (secondary N) is 3. The Kier molecular flexibility index (Phi) is 6.61. The Morgan fingerprint density at radius 2 is 1.72 bits per heavy atom. The quantitative estimate of drug-likeness (QED) is 0.598. The van der Waals surface area contributed by atoms with Crippen LogP contribution in [0.25, 0.3) is 0 Å². The van der Waals surface area contributed by atoms with Crippen LogP contribution in [0.4, 0.5) is 4.39 Å². The summed E-state index contributed by atoms with van der Waals surface area (Å²) < 4.78 is 13.8. The van der Waals surface area contributed by atoms with Gasteiger partial charge in [0.1, 0.15) is 5.82 Å². The van der Waals surface area contributed by atoms with Crippen LogP contribution in [0.2, 0.25) is 0 Å². The molecule has 1 aromatic rings. The van der Waals surface area contributed by atoms with Gasteiger partial charge in [0.05, 0.1) is 12.0 Å². The van der Waals surface area contributed by atoms with Gasteiger partial charge < -0.3 is 10.6 Å². The SMILES string of the molecule is O=C(CC1CC(=O)NC(=O)C1)NCC1(NC(=O)Cc2ccccc2F)CCCC1. The summed E-state index contributed by atoms with van der Waals surface area (Å²) in [4.78, 5) is 47.7. The van der Waals surface area contributed by atoms with Crippen LogP contribution in [0.1, 0.15) is 50.5 Å². The monoisotopic (exact) mass is 403 g/mol. The van der Waals surface area contributed by atoms with Crippen LogP contribution in [-0.4, -0.2) is 35.7 Å². The number of hydrogen-bond donors (Lipinski definition) is 3. The standard InChI is InChI=1S/C21H26FN3O4/c22-16-6-2-1-5-15(16)12-20(29)25-21(7-3-4-8-21)13-23-17(26)9-14-10-18(27)24-19(28)11-14/h1-2,5-6,14H,3-4,7-13H2,(H,23,26)(H,25,29)(H,24,27,28). The van der Waals surface area contributed by atoms with Gasteiger partial charge in [-0.2, -0.15) is 0 Å². The molecule has 1 saturated carbocycles. The molecule has 1 aromatic carbocycles. The molecule has 0 aromatic heterocycles. The third-order valence-corrected chi connectivity index (χ3v) is 5.60. The molecule has 2 aliphatic rings. The topological polar surface area (TPSA) is 104 Å². The normalized spacial score (nSPS) is 18.9. The summed E-state index contributed by atoms with van der Waals surface area (Å²) in [7, 11) is 0. The molecule has 4 amide bonds. The lowest BCUT2D eigenvalue weighted by atomic mass is 9.92. The van der Waals surface area contributed by atoms with Gasteiger partial charge in [0.25, 0.3) is 0 Å². The van der Waals surface area contributed by atoms with E-state index in [1.165, 1.54) is 6.07 Å². The Balaban J connectivity index is 1.53. The number of carbonyl (C=O) groups is 4. The van der Waals surface area contributed by atoms with Crippen molar-refractivity contribution in [2.45, 2.75) is 56.9 Å². The Morgan fingerprint density at radius 1 is 1.07 bits per heavy atom. The lowest BCUT2D eigenvalue weighted by Gasteiger charge is -2.31. The van der Waals surface area contributed by atoms with Crippen LogP contribution in [0, 0.1) is 11.7 Å². The van der Waals surface area contributed by atoms with Crippen LogP contribution >= 0.6 is 0 Å². The molecule has 156 valence electrons. The maximum absolute atomic E-state index is 13.8. The zero-order valence-electron chi connectivity index (χ0n) is 16.3. The van der Waals surface area contributed by atoms with Crippen molar-refractivity contribution in [3.05, 3.63) is 35.6 Å². The average Bonchev–Trinajstić information content (AvgIpc) is 3.10. The van der Waals surface area contributed by atoms with Crippen LogP contribution in [-0.2, 0) is 25.6 Å².